The number of nitriles is 1. The lowest BCUT2D eigenvalue weighted by Gasteiger charge is -2.42. The SMILES string of the molecule is COc1ccc(C(OC[C@]23CN(C(=O)OCC4c5ccccc5-c5ccccc54)[C@H]([C@H](n4cc(C)c(=O)[nH]c4=O)O2)[C@H]3OP(OCCC#N)N(C(C)C)C(C)C)(c2ccccc2)c2ccc(OC)cc2)cc1. The Balaban J connectivity index is 1.20. The smallest absolute Gasteiger partial charge is 0.410 e. The molecule has 0 radical (unpaired) electrons. The van der Waals surface area contributed by atoms with Crippen LogP contribution in [-0.2, 0) is 28.9 Å². The fourth-order valence-electron chi connectivity index (χ4n) is 10.6. The molecule has 374 valence electrons. The molecule has 1 aromatic heterocycles. The number of benzene rings is 5. The average Bonchev–Trinajstić information content (AvgIpc) is 4.00. The predicted molar refractivity (Wildman–Crippen MR) is 273 cm³/mol. The summed E-state index contributed by atoms with van der Waals surface area (Å²) in [5, 5.41) is 9.66. The predicted octanol–water partition coefficient (Wildman–Crippen LogP) is 9.43. The number of fused-ring (bicyclic) bond motifs is 5. The van der Waals surface area contributed by atoms with Gasteiger partial charge in [-0.05, 0) is 97.8 Å². The van der Waals surface area contributed by atoms with Gasteiger partial charge in [0.05, 0.1) is 46.5 Å². The van der Waals surface area contributed by atoms with Gasteiger partial charge in [-0.2, -0.15) is 5.26 Å². The Labute approximate surface area is 420 Å². The van der Waals surface area contributed by atoms with Gasteiger partial charge in [0.2, 0.25) is 0 Å². The highest BCUT2D eigenvalue weighted by Gasteiger charge is 2.68. The highest BCUT2D eigenvalue weighted by atomic mass is 31.2. The summed E-state index contributed by atoms with van der Waals surface area (Å²) < 4.78 is 49.8. The normalized spacial score (nSPS) is 19.6. The maximum atomic E-state index is 15.2. The second-order valence-electron chi connectivity index (χ2n) is 18.8. The van der Waals surface area contributed by atoms with Crippen LogP contribution in [0.2, 0.25) is 0 Å². The first-order valence-corrected chi connectivity index (χ1v) is 25.3. The number of rotatable bonds is 19. The number of nitrogens with zero attached hydrogens (tertiary/aromatic N) is 4. The summed E-state index contributed by atoms with van der Waals surface area (Å²) in [6, 6.07) is 42.3. The van der Waals surface area contributed by atoms with Crippen LogP contribution in [0.1, 0.15) is 79.6 Å². The van der Waals surface area contributed by atoms with E-state index in [-0.39, 0.29) is 56.4 Å². The number of carbonyl (C=O) groups is 1. The van der Waals surface area contributed by atoms with Crippen LogP contribution in [0, 0.1) is 18.3 Å². The third kappa shape index (κ3) is 9.35. The number of H-pyrrole nitrogens is 1. The summed E-state index contributed by atoms with van der Waals surface area (Å²) in [4.78, 5) is 46.3. The van der Waals surface area contributed by atoms with E-state index in [0.29, 0.717) is 11.5 Å². The molecule has 1 aliphatic carbocycles. The summed E-state index contributed by atoms with van der Waals surface area (Å²) >= 11 is 0. The van der Waals surface area contributed by atoms with Crippen LogP contribution >= 0.6 is 8.53 Å². The molecule has 16 heteroatoms. The molecule has 6 aromatic rings. The van der Waals surface area contributed by atoms with E-state index in [1.54, 1.807) is 26.0 Å². The Morgan fingerprint density at radius 2 is 1.39 bits per heavy atom. The van der Waals surface area contributed by atoms with Gasteiger partial charge in [0, 0.05) is 29.8 Å². The van der Waals surface area contributed by atoms with Crippen molar-refractivity contribution in [1.82, 2.24) is 19.1 Å². The Bertz CT molecular complexity index is 2930. The minimum atomic E-state index is -1.98. The maximum absolute atomic E-state index is 15.2. The van der Waals surface area contributed by atoms with Crippen LogP contribution in [0.3, 0.4) is 0 Å². The van der Waals surface area contributed by atoms with Crippen LogP contribution in [-0.4, -0.2) is 95.6 Å². The Hall–Kier alpha value is -6.63. The molecule has 5 aromatic carbocycles. The molecule has 72 heavy (non-hydrogen) atoms. The van der Waals surface area contributed by atoms with Crippen molar-refractivity contribution in [3.63, 3.8) is 0 Å². The highest BCUT2D eigenvalue weighted by Crippen LogP contribution is 2.57. The van der Waals surface area contributed by atoms with Crippen LogP contribution < -0.4 is 20.7 Å². The van der Waals surface area contributed by atoms with E-state index in [0.717, 1.165) is 38.9 Å². The van der Waals surface area contributed by atoms with Crippen LogP contribution in [0.25, 0.3) is 11.1 Å². The first-order valence-electron chi connectivity index (χ1n) is 24.2. The van der Waals surface area contributed by atoms with Gasteiger partial charge in [0.25, 0.3) is 14.1 Å². The lowest BCUT2D eigenvalue weighted by Crippen LogP contribution is -2.53. The average molecular weight is 994 g/mol. The van der Waals surface area contributed by atoms with E-state index < -0.39 is 55.4 Å². The Morgan fingerprint density at radius 1 is 0.833 bits per heavy atom. The Morgan fingerprint density at radius 3 is 1.94 bits per heavy atom. The number of nitrogens with one attached hydrogen (secondary N) is 1. The van der Waals surface area contributed by atoms with E-state index in [4.69, 9.17) is 32.7 Å². The highest BCUT2D eigenvalue weighted by molar-refractivity contribution is 7.44. The topological polar surface area (TPSA) is 167 Å². The van der Waals surface area contributed by atoms with Crippen LogP contribution in [0.4, 0.5) is 4.79 Å². The minimum Gasteiger partial charge on any atom is -0.497 e. The molecule has 1 unspecified atom stereocenters. The lowest BCUT2D eigenvalue weighted by atomic mass is 9.79. The van der Waals surface area contributed by atoms with E-state index in [1.807, 2.05) is 131 Å². The molecule has 2 saturated heterocycles. The van der Waals surface area contributed by atoms with Gasteiger partial charge in [-0.15, -0.1) is 0 Å². The zero-order valence-electron chi connectivity index (χ0n) is 41.5. The molecule has 1 N–H and O–H groups in total. The van der Waals surface area contributed by atoms with Gasteiger partial charge in [-0.3, -0.25) is 19.2 Å². The first-order chi connectivity index (χ1) is 34.8. The fourth-order valence-corrected chi connectivity index (χ4v) is 12.4. The van der Waals surface area contributed by atoms with Crippen molar-refractivity contribution in [3.8, 4) is 28.7 Å². The summed E-state index contributed by atoms with van der Waals surface area (Å²) in [5.41, 5.74) is 2.65. The van der Waals surface area contributed by atoms with Crippen LogP contribution in [0.5, 0.6) is 11.5 Å². The second kappa shape index (κ2) is 21.2. The third-order valence-corrected chi connectivity index (χ3v) is 15.9. The zero-order valence-corrected chi connectivity index (χ0v) is 42.4. The molecule has 3 aliphatic rings. The number of aromatic nitrogens is 2. The molecule has 9 rings (SSSR count). The van der Waals surface area contributed by atoms with Crippen molar-refractivity contribution >= 4 is 14.6 Å². The number of amides is 1. The molecule has 2 fully saturated rings. The molecule has 0 spiro atoms. The van der Waals surface area contributed by atoms with Gasteiger partial charge in [-0.25, -0.2) is 14.3 Å². The number of morpholine rings is 1. The van der Waals surface area contributed by atoms with Crippen molar-refractivity contribution in [2.45, 2.75) is 88.6 Å². The molecule has 2 bridgehead atoms. The third-order valence-electron chi connectivity index (χ3n) is 13.8. The number of hydrogen-bond acceptors (Lipinski definition) is 12. The molecular formula is C56H60N5O10P. The molecule has 5 atom stereocenters. The minimum absolute atomic E-state index is 0.0266. The molecule has 1 amide bonds. The quantitative estimate of drug-likeness (QED) is 0.0465. The molecule has 3 heterocycles. The maximum Gasteiger partial charge on any atom is 0.410 e. The lowest BCUT2D eigenvalue weighted by molar-refractivity contribution is -0.174. The zero-order chi connectivity index (χ0) is 50.7. The summed E-state index contributed by atoms with van der Waals surface area (Å²) in [5.74, 6) is 1.05. The van der Waals surface area contributed by atoms with E-state index in [2.05, 4.69) is 40.0 Å². The van der Waals surface area contributed by atoms with Crippen molar-refractivity contribution < 1.29 is 37.5 Å². The standard InChI is InChI=1S/C56H60N5O10P/c1-36(2)61(37(3)4)72(69-31-15-30-57)71-50-49-52(59-32-38(5)51(62)58-53(59)63)70-55(50,34-60(49)54(64)67-33-48-46-20-13-11-18-44(46)45-19-12-14-21-47(45)48)35-68-56(39-16-9-8-10-17-39,40-22-26-42(65-6)27-23-40)41-24-28-43(66-7)29-25-41/h8-14,16-29,32,36-37,48-50,52H,15,31,33-35H2,1-7H3,(H,58,62,63)/t49-,50+,52+,55-,72?/m0/s1. The van der Waals surface area contributed by atoms with Crippen LogP contribution in [0.15, 0.2) is 143 Å². The monoisotopic (exact) mass is 993 g/mol. The van der Waals surface area contributed by atoms with Gasteiger partial charge >= 0.3 is 11.8 Å². The van der Waals surface area contributed by atoms with Gasteiger partial charge in [0.1, 0.15) is 41.5 Å². The van der Waals surface area contributed by atoms with Crippen molar-refractivity contribution in [2.75, 3.05) is 40.6 Å². The van der Waals surface area contributed by atoms with Gasteiger partial charge in [0.15, 0.2) is 6.23 Å². The van der Waals surface area contributed by atoms with E-state index >= 15 is 4.79 Å². The number of aromatic amines is 1. The Kier molecular flexibility index (Phi) is 14.8. The van der Waals surface area contributed by atoms with E-state index in [9.17, 15) is 14.9 Å². The molecule has 2 aliphatic heterocycles. The van der Waals surface area contributed by atoms with Gasteiger partial charge < -0.3 is 32.7 Å². The molecule has 0 saturated carbocycles. The number of ether oxygens (including phenoxy) is 5. The number of hydrogen-bond donors (Lipinski definition) is 1. The van der Waals surface area contributed by atoms with Gasteiger partial charge in [-0.1, -0.05) is 103 Å². The molecule has 15 nitrogen and oxygen atoms in total. The summed E-state index contributed by atoms with van der Waals surface area (Å²) in [7, 11) is 1.24. The summed E-state index contributed by atoms with van der Waals surface area (Å²) in [6.07, 6.45) is -1.37. The van der Waals surface area contributed by atoms with Crippen molar-refractivity contribution in [2.24, 2.45) is 0 Å². The fraction of sp³-hybridized carbons (Fsp3) is 0.357. The number of likely N-dealkylation sites (tertiary alicyclic amines) is 1. The molecular weight excluding hydrogens is 934 g/mol. The number of aryl methyl sites for hydroxylation is 1. The largest absolute Gasteiger partial charge is 0.497 e. The summed E-state index contributed by atoms with van der Waals surface area (Å²) in [6.45, 7) is 9.55. The second-order valence-corrected chi connectivity index (χ2v) is 20.2. The van der Waals surface area contributed by atoms with Crippen molar-refractivity contribution in [1.29, 1.82) is 5.26 Å². The number of methoxy groups -OCH3 is 2. The number of carbonyl (C=O) groups excluding carboxylic acids is 1. The van der Waals surface area contributed by atoms with E-state index in [1.165, 1.54) is 10.8 Å². The first kappa shape index (κ1) is 50.3. The van der Waals surface area contributed by atoms with Crippen molar-refractivity contribution in [3.05, 3.63) is 188 Å².